The molecule has 122 valence electrons. The number of rotatable bonds is 4. The molecule has 9 heteroatoms. The second kappa shape index (κ2) is 5.98. The smallest absolute Gasteiger partial charge is 0.406 e. The molecule has 1 aliphatic rings. The molecule has 1 aromatic rings. The van der Waals surface area contributed by atoms with E-state index >= 15 is 0 Å². The predicted molar refractivity (Wildman–Crippen MR) is 70.9 cm³/mol. The van der Waals surface area contributed by atoms with E-state index in [4.69, 9.17) is 5.73 Å². The first-order valence-electron chi connectivity index (χ1n) is 6.43. The molecule has 0 unspecified atom stereocenters. The standard InChI is InChI=1S/C13H14F5N3O/c14-12(15)5-8(6-12)7-20-11(19)21-9-1-3-10(4-2-9)22-13(16,17)18/h1-4,8H,5-7H2,(H3,19,20,21). The molecule has 0 radical (unpaired) electrons. The Hall–Kier alpha value is -2.06. The third kappa shape index (κ3) is 5.05. The van der Waals surface area contributed by atoms with Gasteiger partial charge in [0.25, 0.3) is 0 Å². The highest BCUT2D eigenvalue weighted by Crippen LogP contribution is 2.42. The van der Waals surface area contributed by atoms with E-state index in [1.807, 2.05) is 0 Å². The van der Waals surface area contributed by atoms with E-state index in [-0.39, 0.29) is 37.0 Å². The van der Waals surface area contributed by atoms with Crippen LogP contribution >= 0.6 is 0 Å². The molecule has 3 N–H and O–H groups in total. The minimum absolute atomic E-state index is 0.0136. The zero-order valence-corrected chi connectivity index (χ0v) is 11.3. The summed E-state index contributed by atoms with van der Waals surface area (Å²) in [6.07, 6.45) is -5.15. The van der Waals surface area contributed by atoms with Crippen molar-refractivity contribution in [2.75, 3.05) is 11.9 Å². The summed E-state index contributed by atoms with van der Waals surface area (Å²) in [4.78, 5) is 3.93. The van der Waals surface area contributed by atoms with Crippen LogP contribution in [-0.2, 0) is 0 Å². The monoisotopic (exact) mass is 323 g/mol. The van der Waals surface area contributed by atoms with Crippen molar-refractivity contribution in [3.8, 4) is 5.75 Å². The fourth-order valence-electron chi connectivity index (χ4n) is 2.07. The summed E-state index contributed by atoms with van der Waals surface area (Å²) in [6, 6.07) is 4.91. The van der Waals surface area contributed by atoms with E-state index in [0.717, 1.165) is 12.1 Å². The molecule has 2 rings (SSSR count). The van der Waals surface area contributed by atoms with Crippen molar-refractivity contribution < 1.29 is 26.7 Å². The molecule has 22 heavy (non-hydrogen) atoms. The van der Waals surface area contributed by atoms with Crippen molar-refractivity contribution in [3.63, 3.8) is 0 Å². The SMILES string of the molecule is NC(=NCC1CC(F)(F)C1)Nc1ccc(OC(F)(F)F)cc1. The number of anilines is 1. The Bertz CT molecular complexity index is 534. The maximum absolute atomic E-state index is 12.6. The third-order valence-electron chi connectivity index (χ3n) is 3.05. The highest BCUT2D eigenvalue weighted by molar-refractivity contribution is 5.92. The van der Waals surface area contributed by atoms with Gasteiger partial charge in [-0.3, -0.25) is 4.99 Å². The van der Waals surface area contributed by atoms with Gasteiger partial charge in [0.05, 0.1) is 0 Å². The van der Waals surface area contributed by atoms with Gasteiger partial charge in [0, 0.05) is 25.1 Å². The van der Waals surface area contributed by atoms with Gasteiger partial charge in [-0.05, 0) is 30.2 Å². The Morgan fingerprint density at radius 2 is 1.86 bits per heavy atom. The highest BCUT2D eigenvalue weighted by atomic mass is 19.4. The number of nitrogens with one attached hydrogen (secondary N) is 1. The van der Waals surface area contributed by atoms with Crippen molar-refractivity contribution in [1.29, 1.82) is 0 Å². The van der Waals surface area contributed by atoms with Crippen molar-refractivity contribution >= 4 is 11.6 Å². The number of benzene rings is 1. The van der Waals surface area contributed by atoms with Gasteiger partial charge in [0.2, 0.25) is 5.92 Å². The quantitative estimate of drug-likeness (QED) is 0.507. The molecule has 0 aliphatic heterocycles. The molecule has 0 amide bonds. The van der Waals surface area contributed by atoms with Gasteiger partial charge in [0.1, 0.15) is 5.75 Å². The van der Waals surface area contributed by atoms with Crippen LogP contribution in [0.25, 0.3) is 0 Å². The van der Waals surface area contributed by atoms with Crippen LogP contribution in [0.5, 0.6) is 5.75 Å². The Morgan fingerprint density at radius 1 is 1.27 bits per heavy atom. The normalized spacial score (nSPS) is 18.7. The Labute approximate surface area is 123 Å². The first-order valence-corrected chi connectivity index (χ1v) is 6.43. The molecule has 0 aromatic heterocycles. The molecule has 0 heterocycles. The summed E-state index contributed by atoms with van der Waals surface area (Å²) in [5, 5.41) is 2.66. The van der Waals surface area contributed by atoms with Crippen LogP contribution in [-0.4, -0.2) is 24.8 Å². The van der Waals surface area contributed by atoms with Gasteiger partial charge in [-0.25, -0.2) is 8.78 Å². The van der Waals surface area contributed by atoms with Crippen LogP contribution in [0.1, 0.15) is 12.8 Å². The average Bonchev–Trinajstić information content (AvgIpc) is 2.34. The second-order valence-corrected chi connectivity index (χ2v) is 5.05. The van der Waals surface area contributed by atoms with Gasteiger partial charge >= 0.3 is 6.36 Å². The lowest BCUT2D eigenvalue weighted by Crippen LogP contribution is -2.37. The molecule has 0 bridgehead atoms. The molecule has 1 saturated carbocycles. The molecule has 1 fully saturated rings. The number of guanidine groups is 1. The molecule has 1 aromatic carbocycles. The van der Waals surface area contributed by atoms with Crippen molar-refractivity contribution in [3.05, 3.63) is 24.3 Å². The van der Waals surface area contributed by atoms with E-state index in [9.17, 15) is 22.0 Å². The minimum atomic E-state index is -4.75. The second-order valence-electron chi connectivity index (χ2n) is 5.05. The predicted octanol–water partition coefficient (Wildman–Crippen LogP) is 3.36. The summed E-state index contributed by atoms with van der Waals surface area (Å²) < 4.78 is 65.0. The number of nitrogens with two attached hydrogens (primary N) is 1. The van der Waals surface area contributed by atoms with Crippen molar-refractivity contribution in [2.24, 2.45) is 16.6 Å². The van der Waals surface area contributed by atoms with Gasteiger partial charge in [-0.2, -0.15) is 0 Å². The summed E-state index contributed by atoms with van der Waals surface area (Å²) in [7, 11) is 0. The van der Waals surface area contributed by atoms with E-state index in [2.05, 4.69) is 15.0 Å². The topological polar surface area (TPSA) is 59.6 Å². The Kier molecular flexibility index (Phi) is 4.43. The van der Waals surface area contributed by atoms with Crippen LogP contribution in [0.15, 0.2) is 29.3 Å². The maximum atomic E-state index is 12.6. The fraction of sp³-hybridized carbons (Fsp3) is 0.462. The number of alkyl halides is 5. The van der Waals surface area contributed by atoms with Gasteiger partial charge < -0.3 is 15.8 Å². The number of aliphatic imine (C=N–C) groups is 1. The number of halogens is 5. The fourth-order valence-corrected chi connectivity index (χ4v) is 2.07. The lowest BCUT2D eigenvalue weighted by atomic mass is 9.81. The average molecular weight is 323 g/mol. The van der Waals surface area contributed by atoms with Crippen molar-refractivity contribution in [2.45, 2.75) is 25.1 Å². The first kappa shape index (κ1) is 16.3. The van der Waals surface area contributed by atoms with Crippen LogP contribution in [0, 0.1) is 5.92 Å². The number of ether oxygens (including phenoxy) is 1. The summed E-state index contributed by atoms with van der Waals surface area (Å²) in [5.74, 6) is -3.14. The highest BCUT2D eigenvalue weighted by Gasteiger charge is 2.44. The lowest BCUT2D eigenvalue weighted by molar-refractivity contribution is -0.274. The van der Waals surface area contributed by atoms with E-state index in [1.165, 1.54) is 12.1 Å². The third-order valence-corrected chi connectivity index (χ3v) is 3.05. The summed E-state index contributed by atoms with van der Waals surface area (Å²) >= 11 is 0. The number of hydrogen-bond donors (Lipinski definition) is 2. The zero-order chi connectivity index (χ0) is 16.4. The van der Waals surface area contributed by atoms with Gasteiger partial charge in [-0.15, -0.1) is 13.2 Å². The largest absolute Gasteiger partial charge is 0.573 e. The number of nitrogens with zero attached hydrogens (tertiary/aromatic N) is 1. The van der Waals surface area contributed by atoms with E-state index in [0.29, 0.717) is 5.69 Å². The minimum Gasteiger partial charge on any atom is -0.406 e. The zero-order valence-electron chi connectivity index (χ0n) is 11.3. The lowest BCUT2D eigenvalue weighted by Gasteiger charge is -2.33. The molecule has 1 aliphatic carbocycles. The molecule has 0 saturated heterocycles. The van der Waals surface area contributed by atoms with Crippen LogP contribution < -0.4 is 15.8 Å². The molecular weight excluding hydrogens is 309 g/mol. The van der Waals surface area contributed by atoms with E-state index in [1.54, 1.807) is 0 Å². The first-order chi connectivity index (χ1) is 10.1. The summed E-state index contributed by atoms with van der Waals surface area (Å²) in [5.41, 5.74) is 5.99. The van der Waals surface area contributed by atoms with Gasteiger partial charge in [0.15, 0.2) is 5.96 Å². The molecule has 0 spiro atoms. The molecule has 0 atom stereocenters. The maximum Gasteiger partial charge on any atom is 0.573 e. The molecular formula is C13H14F5N3O. The Balaban J connectivity index is 1.82. The van der Waals surface area contributed by atoms with Crippen LogP contribution in [0.3, 0.4) is 0 Å². The number of hydrogen-bond acceptors (Lipinski definition) is 2. The van der Waals surface area contributed by atoms with E-state index < -0.39 is 12.3 Å². The Morgan fingerprint density at radius 3 is 2.36 bits per heavy atom. The summed E-state index contributed by atoms with van der Waals surface area (Å²) in [6.45, 7) is 0.184. The van der Waals surface area contributed by atoms with Gasteiger partial charge in [-0.1, -0.05) is 0 Å². The van der Waals surface area contributed by atoms with Crippen LogP contribution in [0.4, 0.5) is 27.6 Å². The van der Waals surface area contributed by atoms with Crippen molar-refractivity contribution in [1.82, 2.24) is 0 Å². The van der Waals surface area contributed by atoms with Crippen LogP contribution in [0.2, 0.25) is 0 Å². The molecule has 4 nitrogen and oxygen atoms in total.